The second-order valence-electron chi connectivity index (χ2n) is 6.27. The van der Waals surface area contributed by atoms with E-state index in [0.29, 0.717) is 35.9 Å². The Morgan fingerprint density at radius 1 is 1.11 bits per heavy atom. The second-order valence-corrected chi connectivity index (χ2v) is 6.27. The molecule has 6 nitrogen and oxygen atoms in total. The maximum absolute atomic E-state index is 13.0. The van der Waals surface area contributed by atoms with Gasteiger partial charge in [0.15, 0.2) is 0 Å². The molecular formula is C20H17FN4O2. The highest BCUT2D eigenvalue weighted by molar-refractivity contribution is 5.80. The minimum absolute atomic E-state index is 0.0844. The Labute approximate surface area is 154 Å². The highest BCUT2D eigenvalue weighted by Crippen LogP contribution is 2.22. The molecule has 2 aromatic carbocycles. The van der Waals surface area contributed by atoms with E-state index in [-0.39, 0.29) is 11.4 Å². The van der Waals surface area contributed by atoms with Gasteiger partial charge in [-0.15, -0.1) is 0 Å². The van der Waals surface area contributed by atoms with E-state index in [1.165, 1.54) is 12.1 Å². The molecule has 0 atom stereocenters. The summed E-state index contributed by atoms with van der Waals surface area (Å²) < 4.78 is 20.0. The normalized spacial score (nSPS) is 11.2. The summed E-state index contributed by atoms with van der Waals surface area (Å²) in [4.78, 5) is 21.0. The van der Waals surface area contributed by atoms with Gasteiger partial charge in [0.25, 0.3) is 5.56 Å². The number of halogens is 1. The van der Waals surface area contributed by atoms with E-state index in [9.17, 15) is 9.18 Å². The van der Waals surface area contributed by atoms with Crippen molar-refractivity contribution in [2.45, 2.75) is 26.8 Å². The van der Waals surface area contributed by atoms with Gasteiger partial charge in [-0.2, -0.15) is 4.98 Å². The zero-order chi connectivity index (χ0) is 19.0. The summed E-state index contributed by atoms with van der Waals surface area (Å²) in [5.74, 6) is 0.608. The highest BCUT2D eigenvalue weighted by Gasteiger charge is 2.13. The third kappa shape index (κ3) is 3.23. The molecule has 0 N–H and O–H groups in total. The topological polar surface area (TPSA) is 73.8 Å². The maximum Gasteiger partial charge on any atom is 0.272 e. The molecule has 0 aliphatic heterocycles. The molecule has 2 aromatic heterocycles. The molecular weight excluding hydrogens is 347 g/mol. The van der Waals surface area contributed by atoms with Crippen LogP contribution in [0.2, 0.25) is 0 Å². The van der Waals surface area contributed by atoms with Crippen LogP contribution in [0.15, 0.2) is 51.8 Å². The molecule has 0 bridgehead atoms. The molecule has 136 valence electrons. The van der Waals surface area contributed by atoms with Crippen LogP contribution >= 0.6 is 0 Å². The number of fused-ring (bicyclic) bond motifs is 1. The molecule has 4 aromatic rings. The SMILES string of the molecule is CCn1c(=O)c(C)nc2cc(-c3noc(Cc4ccc(F)cc4)n3)ccc21. The summed E-state index contributed by atoms with van der Waals surface area (Å²) in [5.41, 5.74) is 3.48. The predicted octanol–water partition coefficient (Wildman–Crippen LogP) is 3.50. The van der Waals surface area contributed by atoms with Crippen LogP contribution in [-0.2, 0) is 13.0 Å². The smallest absolute Gasteiger partial charge is 0.272 e. The second kappa shape index (κ2) is 6.75. The molecule has 0 spiro atoms. The van der Waals surface area contributed by atoms with Gasteiger partial charge in [0.2, 0.25) is 11.7 Å². The molecule has 2 heterocycles. The molecule has 0 aliphatic rings. The number of hydrogen-bond donors (Lipinski definition) is 0. The highest BCUT2D eigenvalue weighted by atomic mass is 19.1. The van der Waals surface area contributed by atoms with E-state index in [1.807, 2.05) is 25.1 Å². The van der Waals surface area contributed by atoms with Gasteiger partial charge >= 0.3 is 0 Å². The largest absolute Gasteiger partial charge is 0.339 e. The Kier molecular flexibility index (Phi) is 4.27. The van der Waals surface area contributed by atoms with Crippen molar-refractivity contribution in [3.05, 3.63) is 75.8 Å². The fourth-order valence-electron chi connectivity index (χ4n) is 3.05. The lowest BCUT2D eigenvalue weighted by Gasteiger charge is -2.09. The average Bonchev–Trinajstić information content (AvgIpc) is 3.13. The zero-order valence-corrected chi connectivity index (χ0v) is 14.9. The van der Waals surface area contributed by atoms with Gasteiger partial charge in [0.05, 0.1) is 17.5 Å². The monoisotopic (exact) mass is 364 g/mol. The first-order valence-electron chi connectivity index (χ1n) is 8.63. The summed E-state index contributed by atoms with van der Waals surface area (Å²) >= 11 is 0. The fourth-order valence-corrected chi connectivity index (χ4v) is 3.05. The average molecular weight is 364 g/mol. The summed E-state index contributed by atoms with van der Waals surface area (Å²) in [6, 6.07) is 11.7. The van der Waals surface area contributed by atoms with E-state index in [4.69, 9.17) is 4.52 Å². The molecule has 0 saturated carbocycles. The number of aromatic nitrogens is 4. The lowest BCUT2D eigenvalue weighted by atomic mass is 10.1. The van der Waals surface area contributed by atoms with E-state index >= 15 is 0 Å². The molecule has 0 unspecified atom stereocenters. The van der Waals surface area contributed by atoms with Gasteiger partial charge in [0, 0.05) is 12.1 Å². The lowest BCUT2D eigenvalue weighted by Crippen LogP contribution is -2.23. The molecule has 0 fully saturated rings. The van der Waals surface area contributed by atoms with E-state index in [2.05, 4.69) is 15.1 Å². The first-order chi connectivity index (χ1) is 13.0. The van der Waals surface area contributed by atoms with Crippen LogP contribution in [0, 0.1) is 12.7 Å². The van der Waals surface area contributed by atoms with Gasteiger partial charge in [0.1, 0.15) is 11.5 Å². The van der Waals surface area contributed by atoms with Crippen LogP contribution in [0.1, 0.15) is 24.1 Å². The van der Waals surface area contributed by atoms with Crippen molar-refractivity contribution in [1.82, 2.24) is 19.7 Å². The van der Waals surface area contributed by atoms with Gasteiger partial charge in [-0.05, 0) is 49.7 Å². The van der Waals surface area contributed by atoms with Crippen molar-refractivity contribution in [3.63, 3.8) is 0 Å². The quantitative estimate of drug-likeness (QED) is 0.554. The Morgan fingerprint density at radius 2 is 1.89 bits per heavy atom. The third-order valence-electron chi connectivity index (χ3n) is 4.42. The summed E-state index contributed by atoms with van der Waals surface area (Å²) in [5, 5.41) is 4.03. The zero-order valence-electron chi connectivity index (χ0n) is 14.9. The van der Waals surface area contributed by atoms with Gasteiger partial charge in [-0.1, -0.05) is 17.3 Å². The molecule has 0 radical (unpaired) electrons. The van der Waals surface area contributed by atoms with Crippen molar-refractivity contribution in [2.75, 3.05) is 0 Å². The summed E-state index contributed by atoms with van der Waals surface area (Å²) in [6.07, 6.45) is 0.424. The number of hydrogen-bond acceptors (Lipinski definition) is 5. The maximum atomic E-state index is 13.0. The summed E-state index contributed by atoms with van der Waals surface area (Å²) in [7, 11) is 0. The Balaban J connectivity index is 1.68. The van der Waals surface area contributed by atoms with Crippen LogP contribution in [0.3, 0.4) is 0 Å². The van der Waals surface area contributed by atoms with Crippen molar-refractivity contribution in [1.29, 1.82) is 0 Å². The Morgan fingerprint density at radius 3 is 2.63 bits per heavy atom. The number of nitrogens with zero attached hydrogens (tertiary/aromatic N) is 4. The van der Waals surface area contributed by atoms with Crippen LogP contribution in [0.25, 0.3) is 22.4 Å². The van der Waals surface area contributed by atoms with Gasteiger partial charge < -0.3 is 9.09 Å². The van der Waals surface area contributed by atoms with Gasteiger partial charge in [-0.3, -0.25) is 4.79 Å². The van der Waals surface area contributed by atoms with E-state index in [0.717, 1.165) is 16.6 Å². The van der Waals surface area contributed by atoms with Crippen molar-refractivity contribution < 1.29 is 8.91 Å². The number of rotatable bonds is 4. The molecule has 0 amide bonds. The van der Waals surface area contributed by atoms with Crippen LogP contribution in [0.4, 0.5) is 4.39 Å². The van der Waals surface area contributed by atoms with E-state index < -0.39 is 0 Å². The van der Waals surface area contributed by atoms with Gasteiger partial charge in [-0.25, -0.2) is 9.37 Å². The first kappa shape index (κ1) is 17.1. The van der Waals surface area contributed by atoms with Crippen LogP contribution in [-0.4, -0.2) is 19.7 Å². The van der Waals surface area contributed by atoms with Crippen LogP contribution in [0.5, 0.6) is 0 Å². The van der Waals surface area contributed by atoms with Crippen molar-refractivity contribution >= 4 is 11.0 Å². The summed E-state index contributed by atoms with van der Waals surface area (Å²) in [6.45, 7) is 4.20. The molecule has 4 rings (SSSR count). The third-order valence-corrected chi connectivity index (χ3v) is 4.42. The standard InChI is InChI=1S/C20H17FN4O2/c1-3-25-17-9-6-14(11-16(17)22-12(2)20(25)26)19-23-18(27-24-19)10-13-4-7-15(21)8-5-13/h4-9,11H,3,10H2,1-2H3. The first-order valence-corrected chi connectivity index (χ1v) is 8.63. The predicted molar refractivity (Wildman–Crippen MR) is 98.9 cm³/mol. The Hall–Kier alpha value is -3.35. The lowest BCUT2D eigenvalue weighted by molar-refractivity contribution is 0.385. The van der Waals surface area contributed by atoms with E-state index in [1.54, 1.807) is 23.6 Å². The number of benzene rings is 2. The molecule has 27 heavy (non-hydrogen) atoms. The molecule has 0 saturated heterocycles. The molecule has 7 heteroatoms. The number of aryl methyl sites for hydroxylation is 2. The van der Waals surface area contributed by atoms with Crippen LogP contribution < -0.4 is 5.56 Å². The van der Waals surface area contributed by atoms with Crippen molar-refractivity contribution in [2.24, 2.45) is 0 Å². The van der Waals surface area contributed by atoms with Crippen molar-refractivity contribution in [3.8, 4) is 11.4 Å². The minimum atomic E-state index is -0.283. The fraction of sp³-hybridized carbons (Fsp3) is 0.200. The Bertz CT molecular complexity index is 1180. The minimum Gasteiger partial charge on any atom is -0.339 e. The molecule has 0 aliphatic carbocycles.